The topological polar surface area (TPSA) is 74.7 Å². The summed E-state index contributed by atoms with van der Waals surface area (Å²) in [7, 11) is -3.56. The number of carboxylic acid groups (broad SMARTS) is 1. The number of para-hydroxylation sites is 1. The quantitative estimate of drug-likeness (QED) is 0.926. The second kappa shape index (κ2) is 5.34. The lowest BCUT2D eigenvalue weighted by Gasteiger charge is -2.21. The van der Waals surface area contributed by atoms with Crippen molar-refractivity contribution in [2.45, 2.75) is 24.0 Å². The van der Waals surface area contributed by atoms with Gasteiger partial charge in [-0.25, -0.2) is 13.2 Å². The molecule has 2 aliphatic rings. The Balaban J connectivity index is 1.69. The summed E-state index contributed by atoms with van der Waals surface area (Å²) >= 11 is 0. The van der Waals surface area contributed by atoms with Crippen LogP contribution in [0.1, 0.15) is 33.8 Å². The fourth-order valence-electron chi connectivity index (χ4n) is 3.56. The largest absolute Gasteiger partial charge is 0.478 e. The zero-order chi connectivity index (χ0) is 16.9. The third-order valence-corrected chi connectivity index (χ3v) is 7.10. The molecule has 0 aromatic heterocycles. The molecule has 4 rings (SSSR count). The fourth-order valence-corrected chi connectivity index (χ4v) is 5.73. The van der Waals surface area contributed by atoms with Crippen LogP contribution in [0.2, 0.25) is 0 Å². The van der Waals surface area contributed by atoms with Crippen molar-refractivity contribution in [1.29, 1.82) is 0 Å². The van der Waals surface area contributed by atoms with Crippen LogP contribution in [0.5, 0.6) is 0 Å². The first-order valence-electron chi connectivity index (χ1n) is 7.92. The van der Waals surface area contributed by atoms with Crippen molar-refractivity contribution in [3.63, 3.8) is 0 Å². The van der Waals surface area contributed by atoms with Crippen molar-refractivity contribution < 1.29 is 18.3 Å². The molecular weight excluding hydrogens is 326 g/mol. The number of fused-ring (bicyclic) bond motifs is 1. The summed E-state index contributed by atoms with van der Waals surface area (Å²) in [5.74, 6) is -1.10. The van der Waals surface area contributed by atoms with Crippen LogP contribution >= 0.6 is 0 Å². The molecule has 1 N–H and O–H groups in total. The van der Waals surface area contributed by atoms with E-state index in [2.05, 4.69) is 0 Å². The van der Waals surface area contributed by atoms with Crippen LogP contribution < -0.4 is 4.31 Å². The highest BCUT2D eigenvalue weighted by Crippen LogP contribution is 2.49. The molecule has 5 nitrogen and oxygen atoms in total. The van der Waals surface area contributed by atoms with Crippen LogP contribution in [0.15, 0.2) is 48.5 Å². The number of hydrogen-bond donors (Lipinski definition) is 1. The SMILES string of the molecule is O=C(O)c1cccc2c1N(S(=O)(=O)C1CC1c1ccccc1)CC2. The van der Waals surface area contributed by atoms with Gasteiger partial charge in [0.1, 0.15) is 0 Å². The van der Waals surface area contributed by atoms with Gasteiger partial charge < -0.3 is 5.11 Å². The van der Waals surface area contributed by atoms with Crippen LogP contribution in [0.3, 0.4) is 0 Å². The molecule has 0 radical (unpaired) electrons. The van der Waals surface area contributed by atoms with E-state index in [-0.39, 0.29) is 11.5 Å². The van der Waals surface area contributed by atoms with Crippen LogP contribution in [0.4, 0.5) is 5.69 Å². The number of aromatic carboxylic acids is 1. The molecule has 2 atom stereocenters. The van der Waals surface area contributed by atoms with Crippen molar-refractivity contribution in [2.24, 2.45) is 0 Å². The first-order valence-corrected chi connectivity index (χ1v) is 9.42. The summed E-state index contributed by atoms with van der Waals surface area (Å²) < 4.78 is 27.4. The van der Waals surface area contributed by atoms with Crippen molar-refractivity contribution in [1.82, 2.24) is 0 Å². The zero-order valence-corrected chi connectivity index (χ0v) is 13.7. The van der Waals surface area contributed by atoms with E-state index in [0.717, 1.165) is 11.1 Å². The Bertz CT molecular complexity index is 908. The molecule has 124 valence electrons. The van der Waals surface area contributed by atoms with E-state index in [1.54, 1.807) is 12.1 Å². The number of benzene rings is 2. The molecule has 1 saturated carbocycles. The Labute approximate surface area is 140 Å². The number of carboxylic acids is 1. The first kappa shape index (κ1) is 15.2. The average Bonchev–Trinajstić information content (AvgIpc) is 3.27. The highest BCUT2D eigenvalue weighted by Gasteiger charge is 2.52. The van der Waals surface area contributed by atoms with Crippen molar-refractivity contribution in [2.75, 3.05) is 10.8 Å². The lowest BCUT2D eigenvalue weighted by molar-refractivity contribution is 0.0698. The van der Waals surface area contributed by atoms with Crippen molar-refractivity contribution in [3.05, 3.63) is 65.2 Å². The smallest absolute Gasteiger partial charge is 0.337 e. The highest BCUT2D eigenvalue weighted by molar-refractivity contribution is 7.93. The Hall–Kier alpha value is -2.34. The minimum atomic E-state index is -3.56. The summed E-state index contributed by atoms with van der Waals surface area (Å²) in [5, 5.41) is 8.93. The molecule has 1 aliphatic heterocycles. The summed E-state index contributed by atoms with van der Waals surface area (Å²) in [6.45, 7) is 0.319. The molecule has 6 heteroatoms. The predicted molar refractivity (Wildman–Crippen MR) is 91.0 cm³/mol. The lowest BCUT2D eigenvalue weighted by Crippen LogP contribution is -2.33. The zero-order valence-electron chi connectivity index (χ0n) is 12.9. The van der Waals surface area contributed by atoms with Gasteiger partial charge in [-0.3, -0.25) is 4.31 Å². The Morgan fingerprint density at radius 3 is 2.54 bits per heavy atom. The number of carbonyl (C=O) groups is 1. The molecule has 0 amide bonds. The molecule has 1 fully saturated rings. The van der Waals surface area contributed by atoms with Crippen molar-refractivity contribution >= 4 is 21.7 Å². The Kier molecular flexibility index (Phi) is 3.38. The summed E-state index contributed by atoms with van der Waals surface area (Å²) in [4.78, 5) is 11.5. The normalized spacial score (nSPS) is 22.2. The van der Waals surface area contributed by atoms with Crippen LogP contribution in [-0.2, 0) is 16.4 Å². The monoisotopic (exact) mass is 343 g/mol. The molecule has 2 aromatic rings. The first-order chi connectivity index (χ1) is 11.5. The third kappa shape index (κ3) is 2.29. The van der Waals surface area contributed by atoms with Crippen molar-refractivity contribution in [3.8, 4) is 0 Å². The number of anilines is 1. The number of nitrogens with zero attached hydrogens (tertiary/aromatic N) is 1. The molecule has 24 heavy (non-hydrogen) atoms. The summed E-state index contributed by atoms with van der Waals surface area (Å²) in [6, 6.07) is 14.6. The number of rotatable bonds is 4. The maximum absolute atomic E-state index is 13.0. The number of hydrogen-bond acceptors (Lipinski definition) is 3. The molecule has 2 unspecified atom stereocenters. The fraction of sp³-hybridized carbons (Fsp3) is 0.278. The number of sulfonamides is 1. The Morgan fingerprint density at radius 2 is 1.83 bits per heavy atom. The second-order valence-corrected chi connectivity index (χ2v) is 8.35. The lowest BCUT2D eigenvalue weighted by atomic mass is 10.1. The molecule has 0 spiro atoms. The molecule has 0 bridgehead atoms. The van der Waals surface area contributed by atoms with E-state index in [0.29, 0.717) is 25.1 Å². The maximum atomic E-state index is 13.0. The van der Waals surface area contributed by atoms with Gasteiger partial charge in [0.2, 0.25) is 10.0 Å². The van der Waals surface area contributed by atoms with Gasteiger partial charge in [-0.05, 0) is 30.0 Å². The van der Waals surface area contributed by atoms with Gasteiger partial charge in [0.05, 0.1) is 16.5 Å². The molecule has 2 aromatic carbocycles. The predicted octanol–water partition coefficient (Wildman–Crippen LogP) is 2.63. The standard InChI is InChI=1S/C18H17NO4S/c20-18(21)14-8-4-7-13-9-10-19(17(13)14)24(22,23)16-11-15(16)12-5-2-1-3-6-12/h1-8,15-16H,9-11H2,(H,20,21). The van der Waals surface area contributed by atoms with Gasteiger partial charge in [-0.1, -0.05) is 42.5 Å². The van der Waals surface area contributed by atoms with Crippen LogP contribution in [0.25, 0.3) is 0 Å². The van der Waals surface area contributed by atoms with E-state index < -0.39 is 21.2 Å². The summed E-state index contributed by atoms with van der Waals surface area (Å²) in [6.07, 6.45) is 1.14. The van der Waals surface area contributed by atoms with Gasteiger partial charge in [-0.15, -0.1) is 0 Å². The average molecular weight is 343 g/mol. The van der Waals surface area contributed by atoms with Gasteiger partial charge in [0, 0.05) is 12.5 Å². The maximum Gasteiger partial charge on any atom is 0.337 e. The van der Waals surface area contributed by atoms with Gasteiger partial charge >= 0.3 is 5.97 Å². The highest BCUT2D eigenvalue weighted by atomic mass is 32.2. The minimum absolute atomic E-state index is 0.00256. The Morgan fingerprint density at radius 1 is 1.08 bits per heavy atom. The van der Waals surface area contributed by atoms with Crippen LogP contribution in [0, 0.1) is 0 Å². The van der Waals surface area contributed by atoms with E-state index in [9.17, 15) is 18.3 Å². The van der Waals surface area contributed by atoms with E-state index in [1.807, 2.05) is 30.3 Å². The molecule has 1 aliphatic carbocycles. The third-order valence-electron chi connectivity index (χ3n) is 4.83. The van der Waals surface area contributed by atoms with Gasteiger partial charge in [0.25, 0.3) is 0 Å². The van der Waals surface area contributed by atoms with E-state index in [4.69, 9.17) is 0 Å². The minimum Gasteiger partial charge on any atom is -0.478 e. The van der Waals surface area contributed by atoms with E-state index >= 15 is 0 Å². The molecular formula is C18H17NO4S. The second-order valence-electron chi connectivity index (χ2n) is 6.28. The summed E-state index contributed by atoms with van der Waals surface area (Å²) in [5.41, 5.74) is 2.22. The van der Waals surface area contributed by atoms with Gasteiger partial charge in [0.15, 0.2) is 0 Å². The molecule has 0 saturated heterocycles. The van der Waals surface area contributed by atoms with Crippen LogP contribution in [-0.4, -0.2) is 31.3 Å². The molecule has 1 heterocycles. The van der Waals surface area contributed by atoms with Gasteiger partial charge in [-0.2, -0.15) is 0 Å². The van der Waals surface area contributed by atoms with E-state index in [1.165, 1.54) is 10.4 Å².